The summed E-state index contributed by atoms with van der Waals surface area (Å²) in [6.07, 6.45) is 3.31. The maximum atomic E-state index is 11.7. The van der Waals surface area contributed by atoms with Crippen LogP contribution in [0.1, 0.15) is 37.8 Å². The lowest BCUT2D eigenvalue weighted by atomic mass is 10.1. The zero-order valence-electron chi connectivity index (χ0n) is 10.3. The number of carbonyl (C=O) groups excluding carboxylic acids is 1. The fraction of sp³-hybridized carbons (Fsp3) is 0.500. The first kappa shape index (κ1) is 11.2. The molecule has 1 saturated carbocycles. The van der Waals surface area contributed by atoms with Gasteiger partial charge in [0.1, 0.15) is 0 Å². The Hall–Kier alpha value is -1.31. The van der Waals surface area contributed by atoms with Crippen LogP contribution in [0, 0.1) is 6.92 Å². The fourth-order valence-corrected chi connectivity index (χ4v) is 2.09. The van der Waals surface area contributed by atoms with E-state index in [1.807, 2.05) is 4.90 Å². The van der Waals surface area contributed by atoms with Gasteiger partial charge < -0.3 is 4.90 Å². The number of anilines is 1. The van der Waals surface area contributed by atoms with Gasteiger partial charge in [0.25, 0.3) is 0 Å². The maximum Gasteiger partial charge on any atom is 0.224 e. The summed E-state index contributed by atoms with van der Waals surface area (Å²) in [5, 5.41) is 0. The molecule has 0 bridgehead atoms. The lowest BCUT2D eigenvalue weighted by molar-refractivity contribution is -0.116. The fourth-order valence-electron chi connectivity index (χ4n) is 2.09. The molecule has 16 heavy (non-hydrogen) atoms. The van der Waals surface area contributed by atoms with Gasteiger partial charge in [0.2, 0.25) is 5.91 Å². The third kappa shape index (κ3) is 2.11. The molecule has 0 aliphatic heterocycles. The first-order chi connectivity index (χ1) is 7.63. The van der Waals surface area contributed by atoms with Crippen LogP contribution >= 0.6 is 0 Å². The van der Waals surface area contributed by atoms with Crippen LogP contribution in [0.3, 0.4) is 0 Å². The van der Waals surface area contributed by atoms with Gasteiger partial charge in [-0.15, -0.1) is 0 Å². The number of hydrogen-bond acceptors (Lipinski definition) is 1. The van der Waals surface area contributed by atoms with Crippen LogP contribution in [0.2, 0.25) is 0 Å². The predicted molar refractivity (Wildman–Crippen MR) is 66.7 cm³/mol. The van der Waals surface area contributed by atoms with Crippen LogP contribution in [-0.4, -0.2) is 11.9 Å². The molecule has 86 valence electrons. The van der Waals surface area contributed by atoms with Crippen molar-refractivity contribution in [2.45, 2.75) is 46.1 Å². The van der Waals surface area contributed by atoms with E-state index < -0.39 is 0 Å². The summed E-state index contributed by atoms with van der Waals surface area (Å²) in [7, 11) is 0. The second kappa shape index (κ2) is 4.28. The molecule has 0 N–H and O–H groups in total. The molecule has 0 unspecified atom stereocenters. The summed E-state index contributed by atoms with van der Waals surface area (Å²) in [5.74, 6) is 0.166. The Labute approximate surface area is 97.3 Å². The average molecular weight is 217 g/mol. The second-order valence-electron chi connectivity index (χ2n) is 4.59. The topological polar surface area (TPSA) is 20.3 Å². The lowest BCUT2D eigenvalue weighted by Gasteiger charge is -2.23. The van der Waals surface area contributed by atoms with Gasteiger partial charge in [-0.3, -0.25) is 4.79 Å². The second-order valence-corrected chi connectivity index (χ2v) is 4.59. The minimum absolute atomic E-state index is 0.166. The van der Waals surface area contributed by atoms with Crippen LogP contribution in [-0.2, 0) is 11.2 Å². The molecule has 0 heterocycles. The highest BCUT2D eigenvalue weighted by atomic mass is 16.2. The summed E-state index contributed by atoms with van der Waals surface area (Å²) < 4.78 is 0. The van der Waals surface area contributed by atoms with Gasteiger partial charge in [0, 0.05) is 18.7 Å². The van der Waals surface area contributed by atoms with Gasteiger partial charge in [0.15, 0.2) is 0 Å². The maximum absolute atomic E-state index is 11.7. The Morgan fingerprint density at radius 3 is 2.62 bits per heavy atom. The highest BCUT2D eigenvalue weighted by Gasteiger charge is 2.32. The van der Waals surface area contributed by atoms with E-state index in [-0.39, 0.29) is 5.91 Å². The average Bonchev–Trinajstić information content (AvgIpc) is 3.05. The minimum atomic E-state index is 0.166. The smallest absolute Gasteiger partial charge is 0.224 e. The van der Waals surface area contributed by atoms with Gasteiger partial charge in [-0.1, -0.05) is 19.1 Å². The number of carbonyl (C=O) groups is 1. The van der Waals surface area contributed by atoms with Crippen molar-refractivity contribution in [3.8, 4) is 0 Å². The Morgan fingerprint density at radius 1 is 1.44 bits per heavy atom. The third-order valence-electron chi connectivity index (χ3n) is 3.19. The van der Waals surface area contributed by atoms with Crippen molar-refractivity contribution >= 4 is 11.6 Å². The SMILES string of the molecule is CCc1ccc(C)c(N(C(C)=O)C2CC2)c1. The quantitative estimate of drug-likeness (QED) is 0.762. The monoisotopic (exact) mass is 217 g/mol. The van der Waals surface area contributed by atoms with Crippen LogP contribution in [0.15, 0.2) is 18.2 Å². The van der Waals surface area contributed by atoms with Gasteiger partial charge >= 0.3 is 0 Å². The number of benzene rings is 1. The van der Waals surface area contributed by atoms with Crippen molar-refractivity contribution in [2.24, 2.45) is 0 Å². The molecule has 1 aromatic rings. The molecule has 1 fully saturated rings. The van der Waals surface area contributed by atoms with Crippen LogP contribution in [0.4, 0.5) is 5.69 Å². The van der Waals surface area contributed by atoms with Crippen molar-refractivity contribution in [1.29, 1.82) is 0 Å². The van der Waals surface area contributed by atoms with Crippen molar-refractivity contribution in [3.63, 3.8) is 0 Å². The molecule has 1 aromatic carbocycles. The van der Waals surface area contributed by atoms with Gasteiger partial charge in [-0.2, -0.15) is 0 Å². The molecule has 1 aliphatic rings. The predicted octanol–water partition coefficient (Wildman–Crippen LogP) is 3.07. The largest absolute Gasteiger partial charge is 0.309 e. The van der Waals surface area contributed by atoms with Crippen LogP contribution < -0.4 is 4.90 Å². The molecule has 0 atom stereocenters. The molecule has 0 aromatic heterocycles. The van der Waals surface area contributed by atoms with Crippen LogP contribution in [0.5, 0.6) is 0 Å². The Balaban J connectivity index is 2.39. The number of hydrogen-bond donors (Lipinski definition) is 0. The van der Waals surface area contributed by atoms with E-state index >= 15 is 0 Å². The molecular formula is C14H19NO. The zero-order chi connectivity index (χ0) is 11.7. The summed E-state index contributed by atoms with van der Waals surface area (Å²) in [6.45, 7) is 5.88. The molecule has 0 spiro atoms. The standard InChI is InChI=1S/C14H19NO/c1-4-12-6-5-10(2)14(9-12)15(11(3)16)13-7-8-13/h5-6,9,13H,4,7-8H2,1-3H3. The van der Waals surface area contributed by atoms with E-state index in [1.165, 1.54) is 11.1 Å². The molecule has 2 nitrogen and oxygen atoms in total. The van der Waals surface area contributed by atoms with E-state index in [0.29, 0.717) is 6.04 Å². The number of nitrogens with zero attached hydrogens (tertiary/aromatic N) is 1. The Bertz CT molecular complexity index is 407. The van der Waals surface area contributed by atoms with Gasteiger partial charge in [-0.05, 0) is 43.4 Å². The highest BCUT2D eigenvalue weighted by Crippen LogP contribution is 2.34. The van der Waals surface area contributed by atoms with Gasteiger partial charge in [0.05, 0.1) is 0 Å². The Kier molecular flexibility index (Phi) is 2.99. The first-order valence-corrected chi connectivity index (χ1v) is 6.02. The molecule has 2 rings (SSSR count). The van der Waals surface area contributed by atoms with E-state index in [0.717, 1.165) is 24.9 Å². The van der Waals surface area contributed by atoms with E-state index in [1.54, 1.807) is 6.92 Å². The molecule has 2 heteroatoms. The molecule has 1 aliphatic carbocycles. The number of aryl methyl sites for hydroxylation is 2. The first-order valence-electron chi connectivity index (χ1n) is 6.02. The van der Waals surface area contributed by atoms with Crippen molar-refractivity contribution in [3.05, 3.63) is 29.3 Å². The summed E-state index contributed by atoms with van der Waals surface area (Å²) >= 11 is 0. The van der Waals surface area contributed by atoms with E-state index in [9.17, 15) is 4.79 Å². The summed E-state index contributed by atoms with van der Waals surface area (Å²) in [4.78, 5) is 13.7. The molecule has 0 saturated heterocycles. The van der Waals surface area contributed by atoms with Crippen molar-refractivity contribution < 1.29 is 4.79 Å². The molecule has 1 amide bonds. The third-order valence-corrected chi connectivity index (χ3v) is 3.19. The minimum Gasteiger partial charge on any atom is -0.309 e. The number of rotatable bonds is 3. The van der Waals surface area contributed by atoms with Crippen molar-refractivity contribution in [1.82, 2.24) is 0 Å². The van der Waals surface area contributed by atoms with Crippen LogP contribution in [0.25, 0.3) is 0 Å². The van der Waals surface area contributed by atoms with Crippen molar-refractivity contribution in [2.75, 3.05) is 4.90 Å². The normalized spacial score (nSPS) is 14.9. The number of amides is 1. The summed E-state index contributed by atoms with van der Waals surface area (Å²) in [5.41, 5.74) is 3.60. The summed E-state index contributed by atoms with van der Waals surface area (Å²) in [6, 6.07) is 6.87. The Morgan fingerprint density at radius 2 is 2.12 bits per heavy atom. The molecular weight excluding hydrogens is 198 g/mol. The van der Waals surface area contributed by atoms with E-state index in [4.69, 9.17) is 0 Å². The van der Waals surface area contributed by atoms with E-state index in [2.05, 4.69) is 32.0 Å². The van der Waals surface area contributed by atoms with Gasteiger partial charge in [-0.25, -0.2) is 0 Å². The lowest BCUT2D eigenvalue weighted by Crippen LogP contribution is -2.31. The zero-order valence-corrected chi connectivity index (χ0v) is 10.3. The molecule has 0 radical (unpaired) electrons. The highest BCUT2D eigenvalue weighted by molar-refractivity contribution is 5.93.